The molecule has 0 fully saturated rings. The van der Waals surface area contributed by atoms with Crippen molar-refractivity contribution in [3.05, 3.63) is 68.9 Å². The maximum Gasteiger partial charge on any atom is 0.240 e. The van der Waals surface area contributed by atoms with E-state index in [1.54, 1.807) is 4.57 Å². The number of aryl methyl sites for hydroxylation is 1. The molecule has 1 amide bonds. The van der Waals surface area contributed by atoms with Crippen LogP contribution in [0.25, 0.3) is 11.4 Å². The lowest BCUT2D eigenvalue weighted by atomic mass is 10.0. The number of benzene rings is 2. The quantitative estimate of drug-likeness (QED) is 0.528. The number of nitrogens with one attached hydrogen (secondary N) is 2. The Morgan fingerprint density at radius 1 is 1.22 bits per heavy atom. The van der Waals surface area contributed by atoms with Crippen LogP contribution in [0, 0.1) is 11.7 Å². The summed E-state index contributed by atoms with van der Waals surface area (Å²) in [5.41, 5.74) is 3.15. The van der Waals surface area contributed by atoms with E-state index in [0.717, 1.165) is 27.6 Å². The number of carbonyl (C=O) groups is 1. The predicted octanol–water partition coefficient (Wildman–Crippen LogP) is 4.95. The molecule has 3 aromatic rings. The third kappa shape index (κ3) is 4.73. The minimum Gasteiger partial charge on any atom is -0.348 e. The Kier molecular flexibility index (Phi) is 6.23. The first-order valence-corrected chi connectivity index (χ1v) is 9.95. The standard InChI is InChI=1S/C20H21BrN4OS/c1-3-17(14-8-10-16(21)11-9-14)22-18(26)12-25-19(23-24-20(25)27)15-6-4-13(2)5-7-15/h4-11,17H,3,12H2,1-2H3,(H,22,26)(H,24,27)/t17-/m1/s1. The maximum absolute atomic E-state index is 12.7. The fourth-order valence-corrected chi connectivity index (χ4v) is 3.35. The molecule has 0 aliphatic carbocycles. The Labute approximate surface area is 171 Å². The van der Waals surface area contributed by atoms with E-state index in [1.165, 1.54) is 0 Å². The Hall–Kier alpha value is -2.25. The van der Waals surface area contributed by atoms with Crippen LogP contribution in [0.4, 0.5) is 0 Å². The third-order valence-electron chi connectivity index (χ3n) is 4.39. The van der Waals surface area contributed by atoms with Crippen LogP contribution < -0.4 is 5.32 Å². The van der Waals surface area contributed by atoms with Gasteiger partial charge in [0.25, 0.3) is 0 Å². The van der Waals surface area contributed by atoms with Gasteiger partial charge in [-0.15, -0.1) is 0 Å². The molecule has 0 unspecified atom stereocenters. The SMILES string of the molecule is CC[C@@H](NC(=O)Cn1c(-c2ccc(C)cc2)n[nH]c1=S)c1ccc(Br)cc1. The van der Waals surface area contributed by atoms with Crippen molar-refractivity contribution in [3.8, 4) is 11.4 Å². The summed E-state index contributed by atoms with van der Waals surface area (Å²) in [5, 5.41) is 10.2. The molecule has 0 saturated heterocycles. The molecular formula is C20H21BrN4OS. The number of halogens is 1. The molecule has 7 heteroatoms. The van der Waals surface area contributed by atoms with Crippen molar-refractivity contribution < 1.29 is 4.79 Å². The molecule has 0 aliphatic heterocycles. The number of hydrogen-bond acceptors (Lipinski definition) is 3. The van der Waals surface area contributed by atoms with E-state index < -0.39 is 0 Å². The van der Waals surface area contributed by atoms with Gasteiger partial charge >= 0.3 is 0 Å². The Balaban J connectivity index is 1.78. The van der Waals surface area contributed by atoms with Gasteiger partial charge in [0, 0.05) is 10.0 Å². The molecule has 27 heavy (non-hydrogen) atoms. The van der Waals surface area contributed by atoms with Crippen LogP contribution >= 0.6 is 28.1 Å². The average Bonchev–Trinajstić information content (AvgIpc) is 3.02. The van der Waals surface area contributed by atoms with Crippen molar-refractivity contribution >= 4 is 34.1 Å². The molecular weight excluding hydrogens is 424 g/mol. The Morgan fingerprint density at radius 2 is 1.89 bits per heavy atom. The highest BCUT2D eigenvalue weighted by atomic mass is 79.9. The molecule has 0 radical (unpaired) electrons. The number of rotatable bonds is 6. The predicted molar refractivity (Wildman–Crippen MR) is 113 cm³/mol. The van der Waals surface area contributed by atoms with Crippen molar-refractivity contribution in [2.75, 3.05) is 0 Å². The number of aromatic amines is 1. The van der Waals surface area contributed by atoms with Crippen LogP contribution in [0.15, 0.2) is 53.0 Å². The van der Waals surface area contributed by atoms with Crippen LogP contribution in [0.3, 0.4) is 0 Å². The molecule has 3 rings (SSSR count). The largest absolute Gasteiger partial charge is 0.348 e. The van der Waals surface area contributed by atoms with Crippen molar-refractivity contribution in [2.45, 2.75) is 32.9 Å². The summed E-state index contributed by atoms with van der Waals surface area (Å²) in [6, 6.07) is 15.9. The summed E-state index contributed by atoms with van der Waals surface area (Å²) < 4.78 is 3.17. The number of aromatic nitrogens is 3. The lowest BCUT2D eigenvalue weighted by Gasteiger charge is -2.18. The minimum absolute atomic E-state index is 0.0468. The number of nitrogens with zero attached hydrogens (tertiary/aromatic N) is 2. The second-order valence-corrected chi connectivity index (χ2v) is 7.69. The summed E-state index contributed by atoms with van der Waals surface area (Å²) in [7, 11) is 0. The minimum atomic E-state index is -0.101. The van der Waals surface area contributed by atoms with Gasteiger partial charge in [-0.05, 0) is 43.3 Å². The van der Waals surface area contributed by atoms with Gasteiger partial charge < -0.3 is 5.32 Å². The Morgan fingerprint density at radius 3 is 2.52 bits per heavy atom. The van der Waals surface area contributed by atoms with Crippen LogP contribution in [-0.4, -0.2) is 20.7 Å². The number of carbonyl (C=O) groups excluding carboxylic acids is 1. The summed E-state index contributed by atoms with van der Waals surface area (Å²) >= 11 is 8.76. The maximum atomic E-state index is 12.7. The van der Waals surface area contributed by atoms with E-state index in [9.17, 15) is 4.79 Å². The molecule has 1 atom stereocenters. The zero-order valence-electron chi connectivity index (χ0n) is 15.2. The van der Waals surface area contributed by atoms with E-state index in [0.29, 0.717) is 10.6 Å². The molecule has 2 N–H and O–H groups in total. The van der Waals surface area contributed by atoms with Crippen molar-refractivity contribution in [2.24, 2.45) is 0 Å². The summed E-state index contributed by atoms with van der Waals surface area (Å²) in [6.07, 6.45) is 0.801. The number of hydrogen-bond donors (Lipinski definition) is 2. The molecule has 140 valence electrons. The smallest absolute Gasteiger partial charge is 0.240 e. The molecule has 0 bridgehead atoms. The molecule has 1 heterocycles. The first-order chi connectivity index (χ1) is 13.0. The lowest BCUT2D eigenvalue weighted by Crippen LogP contribution is -2.31. The van der Waals surface area contributed by atoms with Gasteiger partial charge in [-0.25, -0.2) is 0 Å². The van der Waals surface area contributed by atoms with E-state index in [2.05, 4.69) is 31.4 Å². The lowest BCUT2D eigenvalue weighted by molar-refractivity contribution is -0.122. The van der Waals surface area contributed by atoms with E-state index in [-0.39, 0.29) is 18.5 Å². The molecule has 0 spiro atoms. The van der Waals surface area contributed by atoms with Gasteiger partial charge in [0.1, 0.15) is 6.54 Å². The number of amides is 1. The first-order valence-electron chi connectivity index (χ1n) is 8.75. The second kappa shape index (κ2) is 8.63. The zero-order chi connectivity index (χ0) is 19.4. The monoisotopic (exact) mass is 444 g/mol. The van der Waals surface area contributed by atoms with Gasteiger partial charge in [0.15, 0.2) is 10.6 Å². The normalized spacial score (nSPS) is 12.0. The average molecular weight is 445 g/mol. The van der Waals surface area contributed by atoms with Gasteiger partial charge in [-0.3, -0.25) is 14.5 Å². The van der Waals surface area contributed by atoms with E-state index in [1.807, 2.05) is 62.4 Å². The number of H-pyrrole nitrogens is 1. The molecule has 5 nitrogen and oxygen atoms in total. The van der Waals surface area contributed by atoms with Crippen LogP contribution in [0.5, 0.6) is 0 Å². The van der Waals surface area contributed by atoms with Crippen molar-refractivity contribution in [1.29, 1.82) is 0 Å². The van der Waals surface area contributed by atoms with Crippen molar-refractivity contribution in [1.82, 2.24) is 20.1 Å². The Bertz CT molecular complexity index is 976. The molecule has 0 aliphatic rings. The first kappa shape index (κ1) is 19.5. The highest BCUT2D eigenvalue weighted by Gasteiger charge is 2.16. The third-order valence-corrected chi connectivity index (χ3v) is 5.23. The van der Waals surface area contributed by atoms with E-state index in [4.69, 9.17) is 12.2 Å². The second-order valence-electron chi connectivity index (χ2n) is 6.38. The highest BCUT2D eigenvalue weighted by molar-refractivity contribution is 9.10. The van der Waals surface area contributed by atoms with Crippen LogP contribution in [0.2, 0.25) is 0 Å². The van der Waals surface area contributed by atoms with Crippen molar-refractivity contribution in [3.63, 3.8) is 0 Å². The molecule has 2 aromatic carbocycles. The van der Waals surface area contributed by atoms with Crippen LogP contribution in [0.1, 0.15) is 30.5 Å². The van der Waals surface area contributed by atoms with Gasteiger partial charge in [0.05, 0.1) is 6.04 Å². The van der Waals surface area contributed by atoms with Crippen LogP contribution in [-0.2, 0) is 11.3 Å². The van der Waals surface area contributed by atoms with E-state index >= 15 is 0 Å². The summed E-state index contributed by atoms with van der Waals surface area (Å²) in [6.45, 7) is 4.20. The van der Waals surface area contributed by atoms with Gasteiger partial charge in [-0.1, -0.05) is 64.8 Å². The van der Waals surface area contributed by atoms with Gasteiger partial charge in [-0.2, -0.15) is 5.10 Å². The molecule has 1 aromatic heterocycles. The topological polar surface area (TPSA) is 62.7 Å². The zero-order valence-corrected chi connectivity index (χ0v) is 17.6. The fourth-order valence-electron chi connectivity index (χ4n) is 2.89. The van der Waals surface area contributed by atoms with Gasteiger partial charge in [0.2, 0.25) is 5.91 Å². The summed E-state index contributed by atoms with van der Waals surface area (Å²) in [4.78, 5) is 12.7. The molecule has 0 saturated carbocycles. The highest BCUT2D eigenvalue weighted by Crippen LogP contribution is 2.21. The fraction of sp³-hybridized carbons (Fsp3) is 0.250. The summed E-state index contributed by atoms with van der Waals surface area (Å²) in [5.74, 6) is 0.558.